The second-order valence-electron chi connectivity index (χ2n) is 5.32. The standard InChI is InChI=1S/C15H20N6O2/c1-2-16-15(22)20-10-6-12(7-11-20)23-14-5-4-13(18-19-14)21-9-3-8-17-21/h3-5,8-9,12H,2,6-7,10-11H2,1H3,(H,16,22). The van der Waals surface area contributed by atoms with Gasteiger partial charge in [0.2, 0.25) is 5.88 Å². The van der Waals surface area contributed by atoms with Crippen LogP contribution < -0.4 is 10.1 Å². The average molecular weight is 316 g/mol. The molecular formula is C15H20N6O2. The van der Waals surface area contributed by atoms with Gasteiger partial charge in [0.1, 0.15) is 6.10 Å². The molecule has 3 heterocycles. The number of nitrogens with zero attached hydrogens (tertiary/aromatic N) is 5. The fourth-order valence-electron chi connectivity index (χ4n) is 2.51. The van der Waals surface area contributed by atoms with Crippen molar-refractivity contribution in [1.82, 2.24) is 30.2 Å². The molecule has 0 unspecified atom stereocenters. The molecule has 0 bridgehead atoms. The minimum absolute atomic E-state index is 0.00526. The highest BCUT2D eigenvalue weighted by atomic mass is 16.5. The van der Waals surface area contributed by atoms with Gasteiger partial charge >= 0.3 is 6.03 Å². The second-order valence-corrected chi connectivity index (χ2v) is 5.32. The summed E-state index contributed by atoms with van der Waals surface area (Å²) in [5, 5.41) is 15.1. The molecule has 3 rings (SSSR count). The van der Waals surface area contributed by atoms with Crippen molar-refractivity contribution in [2.75, 3.05) is 19.6 Å². The van der Waals surface area contributed by atoms with Gasteiger partial charge in [-0.15, -0.1) is 10.2 Å². The molecule has 8 heteroatoms. The van der Waals surface area contributed by atoms with Gasteiger partial charge in [0.25, 0.3) is 0 Å². The second kappa shape index (κ2) is 7.08. The van der Waals surface area contributed by atoms with Crippen LogP contribution in [-0.4, -0.2) is 56.6 Å². The van der Waals surface area contributed by atoms with Crippen molar-refractivity contribution in [1.29, 1.82) is 0 Å². The number of carbonyl (C=O) groups is 1. The molecule has 122 valence electrons. The number of urea groups is 1. The topological polar surface area (TPSA) is 85.2 Å². The summed E-state index contributed by atoms with van der Waals surface area (Å²) in [5.74, 6) is 1.14. The zero-order chi connectivity index (χ0) is 16.1. The first kappa shape index (κ1) is 15.3. The number of hydrogen-bond acceptors (Lipinski definition) is 5. The van der Waals surface area contributed by atoms with Crippen molar-refractivity contribution in [2.45, 2.75) is 25.9 Å². The minimum atomic E-state index is -0.00526. The first-order valence-electron chi connectivity index (χ1n) is 7.79. The maximum atomic E-state index is 11.8. The predicted molar refractivity (Wildman–Crippen MR) is 83.4 cm³/mol. The Morgan fingerprint density at radius 2 is 2.17 bits per heavy atom. The first-order chi connectivity index (χ1) is 11.3. The van der Waals surface area contributed by atoms with Crippen molar-refractivity contribution in [3.63, 3.8) is 0 Å². The number of hydrogen-bond donors (Lipinski definition) is 1. The van der Waals surface area contributed by atoms with E-state index in [1.54, 1.807) is 16.9 Å². The summed E-state index contributed by atoms with van der Waals surface area (Å²) in [5.41, 5.74) is 0. The number of amides is 2. The SMILES string of the molecule is CCNC(=O)N1CCC(Oc2ccc(-n3cccn3)nn2)CC1. The number of piperidine rings is 1. The molecule has 2 aromatic heterocycles. The number of carbonyl (C=O) groups excluding carboxylic acids is 1. The number of aromatic nitrogens is 4. The van der Waals surface area contributed by atoms with Gasteiger partial charge in [0, 0.05) is 50.9 Å². The fraction of sp³-hybridized carbons (Fsp3) is 0.467. The lowest BCUT2D eigenvalue weighted by Crippen LogP contribution is -2.46. The molecule has 1 fully saturated rings. The van der Waals surface area contributed by atoms with Crippen LogP contribution in [0.1, 0.15) is 19.8 Å². The van der Waals surface area contributed by atoms with Gasteiger partial charge < -0.3 is 15.0 Å². The van der Waals surface area contributed by atoms with Crippen LogP contribution in [0.5, 0.6) is 5.88 Å². The molecule has 0 saturated carbocycles. The van der Waals surface area contributed by atoms with Crippen LogP contribution in [0.15, 0.2) is 30.6 Å². The molecule has 2 aromatic rings. The Kier molecular flexibility index (Phi) is 4.70. The van der Waals surface area contributed by atoms with Crippen LogP contribution in [0.4, 0.5) is 4.79 Å². The monoisotopic (exact) mass is 316 g/mol. The van der Waals surface area contributed by atoms with Gasteiger partial charge in [-0.05, 0) is 19.1 Å². The third kappa shape index (κ3) is 3.77. The molecule has 0 radical (unpaired) electrons. The summed E-state index contributed by atoms with van der Waals surface area (Å²) in [6.45, 7) is 3.94. The van der Waals surface area contributed by atoms with E-state index in [-0.39, 0.29) is 12.1 Å². The molecule has 8 nitrogen and oxygen atoms in total. The summed E-state index contributed by atoms with van der Waals surface area (Å²) in [6.07, 6.45) is 5.14. The maximum Gasteiger partial charge on any atom is 0.317 e. The highest BCUT2D eigenvalue weighted by Gasteiger charge is 2.23. The highest BCUT2D eigenvalue weighted by Crippen LogP contribution is 2.17. The lowest BCUT2D eigenvalue weighted by molar-refractivity contribution is 0.107. The van der Waals surface area contributed by atoms with Crippen LogP contribution >= 0.6 is 0 Å². The summed E-state index contributed by atoms with van der Waals surface area (Å²) in [6, 6.07) is 5.43. The zero-order valence-corrected chi connectivity index (χ0v) is 13.1. The van der Waals surface area contributed by atoms with E-state index in [0.29, 0.717) is 31.3 Å². The van der Waals surface area contributed by atoms with E-state index in [0.717, 1.165) is 12.8 Å². The Morgan fingerprint density at radius 1 is 1.35 bits per heavy atom. The van der Waals surface area contributed by atoms with E-state index in [4.69, 9.17) is 4.74 Å². The zero-order valence-electron chi connectivity index (χ0n) is 13.1. The van der Waals surface area contributed by atoms with E-state index >= 15 is 0 Å². The van der Waals surface area contributed by atoms with Gasteiger partial charge in [0.05, 0.1) is 0 Å². The van der Waals surface area contributed by atoms with E-state index in [1.807, 2.05) is 30.2 Å². The lowest BCUT2D eigenvalue weighted by atomic mass is 10.1. The molecule has 1 N–H and O–H groups in total. The number of likely N-dealkylation sites (tertiary alicyclic amines) is 1. The molecule has 0 spiro atoms. The molecule has 1 aliphatic rings. The predicted octanol–water partition coefficient (Wildman–Crippen LogP) is 1.24. The molecule has 1 aliphatic heterocycles. The number of ether oxygens (including phenoxy) is 1. The molecule has 0 aromatic carbocycles. The van der Waals surface area contributed by atoms with Gasteiger partial charge in [-0.3, -0.25) is 0 Å². The minimum Gasteiger partial charge on any atom is -0.473 e. The average Bonchev–Trinajstić information content (AvgIpc) is 3.11. The van der Waals surface area contributed by atoms with Crippen LogP contribution in [0.25, 0.3) is 5.82 Å². The van der Waals surface area contributed by atoms with Crippen molar-refractivity contribution in [3.8, 4) is 11.7 Å². The van der Waals surface area contributed by atoms with E-state index in [2.05, 4.69) is 20.6 Å². The molecule has 0 atom stereocenters. The largest absolute Gasteiger partial charge is 0.473 e. The van der Waals surface area contributed by atoms with Crippen LogP contribution in [0.3, 0.4) is 0 Å². The molecule has 2 amide bonds. The molecular weight excluding hydrogens is 296 g/mol. The quantitative estimate of drug-likeness (QED) is 0.917. The van der Waals surface area contributed by atoms with Gasteiger partial charge in [-0.1, -0.05) is 0 Å². The Balaban J connectivity index is 1.52. The van der Waals surface area contributed by atoms with Crippen molar-refractivity contribution in [3.05, 3.63) is 30.6 Å². The summed E-state index contributed by atoms with van der Waals surface area (Å²) < 4.78 is 7.49. The molecule has 0 aliphatic carbocycles. The van der Waals surface area contributed by atoms with Crippen molar-refractivity contribution >= 4 is 6.03 Å². The number of rotatable bonds is 4. The highest BCUT2D eigenvalue weighted by molar-refractivity contribution is 5.74. The van der Waals surface area contributed by atoms with Gasteiger partial charge in [0.15, 0.2) is 5.82 Å². The number of nitrogens with one attached hydrogen (secondary N) is 1. The smallest absolute Gasteiger partial charge is 0.317 e. The first-order valence-corrected chi connectivity index (χ1v) is 7.79. The van der Waals surface area contributed by atoms with Crippen molar-refractivity contribution in [2.24, 2.45) is 0 Å². The normalized spacial score (nSPS) is 15.4. The Labute approximate surface area is 134 Å². The lowest BCUT2D eigenvalue weighted by Gasteiger charge is -2.31. The third-order valence-electron chi connectivity index (χ3n) is 3.71. The summed E-state index contributed by atoms with van der Waals surface area (Å²) >= 11 is 0. The Bertz CT molecular complexity index is 620. The molecule has 1 saturated heterocycles. The summed E-state index contributed by atoms with van der Waals surface area (Å²) in [7, 11) is 0. The van der Waals surface area contributed by atoms with E-state index < -0.39 is 0 Å². The van der Waals surface area contributed by atoms with Gasteiger partial charge in [-0.2, -0.15) is 5.10 Å². The van der Waals surface area contributed by atoms with Crippen LogP contribution in [-0.2, 0) is 0 Å². The Hall–Kier alpha value is -2.64. The van der Waals surface area contributed by atoms with Gasteiger partial charge in [-0.25, -0.2) is 9.48 Å². The molecule has 23 heavy (non-hydrogen) atoms. The van der Waals surface area contributed by atoms with Crippen molar-refractivity contribution < 1.29 is 9.53 Å². The van der Waals surface area contributed by atoms with E-state index in [9.17, 15) is 4.79 Å². The van der Waals surface area contributed by atoms with Crippen LogP contribution in [0, 0.1) is 0 Å². The van der Waals surface area contributed by atoms with Crippen LogP contribution in [0.2, 0.25) is 0 Å². The van der Waals surface area contributed by atoms with E-state index in [1.165, 1.54) is 0 Å². The Morgan fingerprint density at radius 3 is 2.78 bits per heavy atom. The fourth-order valence-corrected chi connectivity index (χ4v) is 2.51. The third-order valence-corrected chi connectivity index (χ3v) is 3.71. The maximum absolute atomic E-state index is 11.8. The summed E-state index contributed by atoms with van der Waals surface area (Å²) in [4.78, 5) is 13.6.